The Hall–Kier alpha value is -3.41. The van der Waals surface area contributed by atoms with E-state index in [4.69, 9.17) is 5.73 Å². The van der Waals surface area contributed by atoms with Crippen LogP contribution in [0.4, 0.5) is 11.5 Å². The molecule has 0 spiro atoms. The molecule has 2 aromatic rings. The van der Waals surface area contributed by atoms with Gasteiger partial charge in [0.1, 0.15) is 5.82 Å². The summed E-state index contributed by atoms with van der Waals surface area (Å²) in [6, 6.07) is 9.80. The van der Waals surface area contributed by atoms with Gasteiger partial charge in [0.15, 0.2) is 0 Å². The molecule has 0 saturated heterocycles. The van der Waals surface area contributed by atoms with Gasteiger partial charge in [-0.15, -0.1) is 0 Å². The highest BCUT2D eigenvalue weighted by molar-refractivity contribution is 5.94. The molecule has 0 fully saturated rings. The number of anilines is 2. The monoisotopic (exact) mass is 374 g/mol. The smallest absolute Gasteiger partial charge is 0.246 e. The molecule has 1 aromatic carbocycles. The van der Waals surface area contributed by atoms with Crippen molar-refractivity contribution in [1.82, 2.24) is 9.88 Å². The molecule has 0 unspecified atom stereocenters. The molecular weight excluding hydrogens is 352 g/mol. The number of nitrogens with two attached hydrogens (primary N) is 1. The van der Waals surface area contributed by atoms with E-state index in [1.807, 2.05) is 35.2 Å². The largest absolute Gasteiger partial charge is 0.399 e. The van der Waals surface area contributed by atoms with Crippen molar-refractivity contribution in [2.75, 3.05) is 24.1 Å². The number of benzene rings is 1. The Morgan fingerprint density at radius 3 is 2.75 bits per heavy atom. The van der Waals surface area contributed by atoms with Crippen molar-refractivity contribution in [3.63, 3.8) is 0 Å². The summed E-state index contributed by atoms with van der Waals surface area (Å²) >= 11 is 0. The summed E-state index contributed by atoms with van der Waals surface area (Å²) < 4.78 is 0. The molecule has 0 atom stereocenters. The van der Waals surface area contributed by atoms with Gasteiger partial charge in [0.2, 0.25) is 11.8 Å². The van der Waals surface area contributed by atoms with E-state index in [9.17, 15) is 9.59 Å². The molecular formula is C22H22N4O2. The summed E-state index contributed by atoms with van der Waals surface area (Å²) in [5.41, 5.74) is 10.8. The molecule has 28 heavy (non-hydrogen) atoms. The number of pyridine rings is 1. The maximum Gasteiger partial charge on any atom is 0.246 e. The topological polar surface area (TPSA) is 88.3 Å². The van der Waals surface area contributed by atoms with Gasteiger partial charge >= 0.3 is 0 Å². The summed E-state index contributed by atoms with van der Waals surface area (Å²) in [7, 11) is 0. The van der Waals surface area contributed by atoms with Crippen LogP contribution in [0.1, 0.15) is 29.5 Å². The van der Waals surface area contributed by atoms with Gasteiger partial charge in [-0.1, -0.05) is 18.2 Å². The molecule has 0 aliphatic carbocycles. The minimum absolute atomic E-state index is 0.00466. The van der Waals surface area contributed by atoms with Gasteiger partial charge in [-0.25, -0.2) is 4.98 Å². The van der Waals surface area contributed by atoms with Gasteiger partial charge in [0, 0.05) is 37.5 Å². The average Bonchev–Trinajstić information content (AvgIpc) is 2.72. The lowest BCUT2D eigenvalue weighted by molar-refractivity contribution is -0.125. The number of carbonyl (C=O) groups is 2. The maximum atomic E-state index is 12.5. The second kappa shape index (κ2) is 7.68. The molecule has 0 bridgehead atoms. The molecule has 2 aliphatic heterocycles. The number of rotatable bonds is 3. The molecule has 2 amide bonds. The first-order valence-corrected chi connectivity index (χ1v) is 9.39. The van der Waals surface area contributed by atoms with Gasteiger partial charge in [0.25, 0.3) is 0 Å². The van der Waals surface area contributed by atoms with Crippen molar-refractivity contribution in [1.29, 1.82) is 0 Å². The Balaban J connectivity index is 1.39. The predicted molar refractivity (Wildman–Crippen MR) is 110 cm³/mol. The highest BCUT2D eigenvalue weighted by Crippen LogP contribution is 2.24. The molecule has 1 aromatic heterocycles. The number of aryl methyl sites for hydroxylation is 1. The van der Waals surface area contributed by atoms with Crippen LogP contribution in [0.25, 0.3) is 11.6 Å². The molecule has 6 nitrogen and oxygen atoms in total. The first-order chi connectivity index (χ1) is 13.6. The molecule has 142 valence electrons. The Labute approximate surface area is 163 Å². The zero-order valence-corrected chi connectivity index (χ0v) is 15.5. The number of fused-ring (bicyclic) bond motifs is 1. The van der Waals surface area contributed by atoms with Crippen molar-refractivity contribution in [3.05, 3.63) is 65.4 Å². The number of aromatic nitrogens is 1. The third-order valence-electron chi connectivity index (χ3n) is 5.09. The molecule has 3 heterocycles. The molecule has 6 heteroatoms. The van der Waals surface area contributed by atoms with Crippen LogP contribution in [-0.2, 0) is 16.0 Å². The first kappa shape index (κ1) is 18.0. The van der Waals surface area contributed by atoms with E-state index in [-0.39, 0.29) is 11.8 Å². The number of nitrogens with zero attached hydrogens (tertiary/aromatic N) is 2. The van der Waals surface area contributed by atoms with Crippen molar-refractivity contribution >= 4 is 35.0 Å². The molecule has 0 saturated carbocycles. The molecule has 3 N–H and O–H groups in total. The van der Waals surface area contributed by atoms with E-state index < -0.39 is 0 Å². The number of nitrogen functional groups attached to an aromatic ring is 1. The highest BCUT2D eigenvalue weighted by Gasteiger charge is 2.17. The first-order valence-electron chi connectivity index (χ1n) is 9.39. The fraction of sp³-hybridized carbons (Fsp3) is 0.227. The lowest BCUT2D eigenvalue weighted by Crippen LogP contribution is -2.33. The lowest BCUT2D eigenvalue weighted by Gasteiger charge is -2.25. The lowest BCUT2D eigenvalue weighted by atomic mass is 9.99. The summed E-state index contributed by atoms with van der Waals surface area (Å²) in [6.45, 7) is 1.28. The summed E-state index contributed by atoms with van der Waals surface area (Å²) in [6.07, 6.45) is 9.11. The molecule has 0 radical (unpaired) electrons. The average molecular weight is 374 g/mol. The number of hydrogen-bond donors (Lipinski definition) is 2. The van der Waals surface area contributed by atoms with Crippen LogP contribution in [0.2, 0.25) is 0 Å². The van der Waals surface area contributed by atoms with Gasteiger partial charge in [-0.05, 0) is 59.4 Å². The van der Waals surface area contributed by atoms with Crippen LogP contribution in [0, 0.1) is 0 Å². The van der Waals surface area contributed by atoms with Crippen LogP contribution in [0.5, 0.6) is 0 Å². The summed E-state index contributed by atoms with van der Waals surface area (Å²) in [5, 5.41) is 2.76. The Bertz CT molecular complexity index is 977. The van der Waals surface area contributed by atoms with E-state index in [0.29, 0.717) is 31.7 Å². The van der Waals surface area contributed by atoms with E-state index in [2.05, 4.69) is 16.4 Å². The van der Waals surface area contributed by atoms with Crippen molar-refractivity contribution in [2.45, 2.75) is 19.3 Å². The van der Waals surface area contributed by atoms with Crippen LogP contribution in [0.15, 0.2) is 48.7 Å². The summed E-state index contributed by atoms with van der Waals surface area (Å²) in [5.74, 6) is 0.602. The molecule has 4 rings (SSSR count). The number of carbonyl (C=O) groups excluding carboxylic acids is 2. The Morgan fingerprint density at radius 1 is 1.18 bits per heavy atom. The van der Waals surface area contributed by atoms with E-state index in [0.717, 1.165) is 28.8 Å². The van der Waals surface area contributed by atoms with Crippen molar-refractivity contribution < 1.29 is 9.59 Å². The van der Waals surface area contributed by atoms with Crippen molar-refractivity contribution in [3.8, 4) is 0 Å². The third-order valence-corrected chi connectivity index (χ3v) is 5.09. The fourth-order valence-corrected chi connectivity index (χ4v) is 3.47. The third kappa shape index (κ3) is 3.96. The fourth-order valence-electron chi connectivity index (χ4n) is 3.47. The standard InChI is InChI=1S/C22H22N4O2/c23-19-5-2-16(3-6-19)17-9-11-26(12-10-17)21(28)8-1-15-13-18-4-7-20(27)25-22(18)24-14-15/h1-3,5-6,8-9,13-14H,4,7,10-12,23H2,(H,24,25,27). The van der Waals surface area contributed by atoms with Crippen LogP contribution in [-0.4, -0.2) is 34.8 Å². The Morgan fingerprint density at radius 2 is 2.00 bits per heavy atom. The quantitative estimate of drug-likeness (QED) is 0.639. The van der Waals surface area contributed by atoms with Crippen LogP contribution in [0.3, 0.4) is 0 Å². The number of amides is 2. The molecule has 2 aliphatic rings. The van der Waals surface area contributed by atoms with Gasteiger partial charge in [-0.2, -0.15) is 0 Å². The Kier molecular flexibility index (Phi) is 4.93. The number of nitrogens with one attached hydrogen (secondary N) is 1. The van der Waals surface area contributed by atoms with E-state index in [1.165, 1.54) is 5.57 Å². The van der Waals surface area contributed by atoms with E-state index in [1.54, 1.807) is 18.3 Å². The van der Waals surface area contributed by atoms with E-state index >= 15 is 0 Å². The summed E-state index contributed by atoms with van der Waals surface area (Å²) in [4.78, 5) is 30.0. The van der Waals surface area contributed by atoms with Crippen molar-refractivity contribution in [2.24, 2.45) is 0 Å². The normalized spacial score (nSPS) is 16.5. The van der Waals surface area contributed by atoms with Gasteiger partial charge < -0.3 is 16.0 Å². The second-order valence-electron chi connectivity index (χ2n) is 7.04. The SMILES string of the molecule is Nc1ccc(C2=CCN(C(=O)C=Cc3cnc4c(c3)CCC(=O)N4)CC2)cc1. The van der Waals surface area contributed by atoms with Crippen LogP contribution >= 0.6 is 0 Å². The van der Waals surface area contributed by atoms with Crippen LogP contribution < -0.4 is 11.1 Å². The highest BCUT2D eigenvalue weighted by atomic mass is 16.2. The minimum atomic E-state index is -0.0152. The zero-order valence-electron chi connectivity index (χ0n) is 15.5. The van der Waals surface area contributed by atoms with Gasteiger partial charge in [0.05, 0.1) is 0 Å². The maximum absolute atomic E-state index is 12.5. The minimum Gasteiger partial charge on any atom is -0.399 e. The number of hydrogen-bond acceptors (Lipinski definition) is 4. The second-order valence-corrected chi connectivity index (χ2v) is 7.04. The van der Waals surface area contributed by atoms with Gasteiger partial charge in [-0.3, -0.25) is 9.59 Å². The predicted octanol–water partition coefficient (Wildman–Crippen LogP) is 2.88. The zero-order chi connectivity index (χ0) is 19.5.